The standard InChI is InChI=1S/C7H12NO/c1-8-9-7-5-3-2-4-6-7/h7-8H,2-6H2. The molecule has 0 amide bonds. The van der Waals surface area contributed by atoms with E-state index in [4.69, 9.17) is 11.9 Å². The molecule has 0 aromatic rings. The van der Waals surface area contributed by atoms with Crippen LogP contribution in [-0.2, 0) is 4.84 Å². The smallest absolute Gasteiger partial charge is 0.116 e. The first-order valence-corrected chi connectivity index (χ1v) is 3.51. The van der Waals surface area contributed by atoms with E-state index in [2.05, 4.69) is 0 Å². The van der Waals surface area contributed by atoms with Crippen molar-refractivity contribution in [2.75, 3.05) is 0 Å². The molecule has 0 unspecified atom stereocenters. The Labute approximate surface area is 56.5 Å². The highest BCUT2D eigenvalue weighted by atomic mass is 16.7. The number of rotatable bonds is 2. The Balaban J connectivity index is 2.08. The SMILES string of the molecule is [C]NOC1CCCCC1. The topological polar surface area (TPSA) is 21.3 Å². The molecule has 0 spiro atoms. The second kappa shape index (κ2) is 3.85. The molecule has 9 heavy (non-hydrogen) atoms. The zero-order valence-corrected chi connectivity index (χ0v) is 5.52. The average Bonchev–Trinajstić information content (AvgIpc) is 1.91. The van der Waals surface area contributed by atoms with Crippen LogP contribution in [0.2, 0.25) is 0 Å². The minimum absolute atomic E-state index is 0.302. The summed E-state index contributed by atoms with van der Waals surface area (Å²) >= 11 is 0. The maximum absolute atomic E-state index is 6.57. The molecule has 2 heteroatoms. The largest absolute Gasteiger partial charge is 0.298 e. The summed E-state index contributed by atoms with van der Waals surface area (Å²) in [5.74, 6) is 0. The minimum Gasteiger partial charge on any atom is -0.298 e. The number of hydrogen-bond donors (Lipinski definition) is 1. The number of nitrogens with one attached hydrogen (secondary N) is 1. The molecule has 1 aliphatic carbocycles. The summed E-state index contributed by atoms with van der Waals surface area (Å²) in [7, 11) is 6.57. The first kappa shape index (κ1) is 7.03. The van der Waals surface area contributed by atoms with Crippen LogP contribution >= 0.6 is 0 Å². The van der Waals surface area contributed by atoms with Gasteiger partial charge < -0.3 is 0 Å². The van der Waals surface area contributed by atoms with Crippen LogP contribution in [0.1, 0.15) is 32.1 Å². The normalized spacial score (nSPS) is 22.3. The summed E-state index contributed by atoms with van der Waals surface area (Å²) < 4.78 is 0. The molecule has 0 aromatic carbocycles. The van der Waals surface area contributed by atoms with E-state index in [0.29, 0.717) is 6.10 Å². The predicted molar refractivity (Wildman–Crippen MR) is 34.3 cm³/mol. The highest BCUT2D eigenvalue weighted by Gasteiger charge is 2.12. The molecule has 0 heterocycles. The zero-order valence-electron chi connectivity index (χ0n) is 5.52. The summed E-state index contributed by atoms with van der Waals surface area (Å²) in [5, 5.41) is 0. The van der Waals surface area contributed by atoms with E-state index in [0.717, 1.165) is 12.8 Å². The predicted octanol–water partition coefficient (Wildman–Crippen LogP) is 1.39. The average molecular weight is 126 g/mol. The van der Waals surface area contributed by atoms with Crippen LogP contribution in [-0.4, -0.2) is 6.10 Å². The molecular formula is C7H12NO. The Hall–Kier alpha value is -0.0800. The van der Waals surface area contributed by atoms with Crippen LogP contribution in [0.25, 0.3) is 0 Å². The maximum atomic E-state index is 6.57. The third-order valence-corrected chi connectivity index (χ3v) is 1.78. The van der Waals surface area contributed by atoms with Crippen molar-refractivity contribution in [1.29, 1.82) is 0 Å². The molecule has 1 saturated carbocycles. The van der Waals surface area contributed by atoms with Crippen LogP contribution < -0.4 is 5.48 Å². The fourth-order valence-electron chi connectivity index (χ4n) is 1.27. The minimum atomic E-state index is 0.302. The van der Waals surface area contributed by atoms with E-state index < -0.39 is 0 Å². The third-order valence-electron chi connectivity index (χ3n) is 1.78. The van der Waals surface area contributed by atoms with Crippen LogP contribution in [0.15, 0.2) is 0 Å². The fourth-order valence-corrected chi connectivity index (χ4v) is 1.27. The highest BCUT2D eigenvalue weighted by Crippen LogP contribution is 2.18. The maximum Gasteiger partial charge on any atom is 0.116 e. The second-order valence-electron chi connectivity index (χ2n) is 2.48. The van der Waals surface area contributed by atoms with Gasteiger partial charge in [0, 0.05) is 0 Å². The first-order chi connectivity index (χ1) is 4.43. The Morgan fingerprint density at radius 1 is 1.22 bits per heavy atom. The molecule has 0 aromatic heterocycles. The fraction of sp³-hybridized carbons (Fsp3) is 0.857. The summed E-state index contributed by atoms with van der Waals surface area (Å²) in [6.45, 7) is 0. The first-order valence-electron chi connectivity index (χ1n) is 3.51. The van der Waals surface area contributed by atoms with Gasteiger partial charge in [-0.15, -0.1) is 0 Å². The third kappa shape index (κ3) is 2.33. The van der Waals surface area contributed by atoms with Gasteiger partial charge in [-0.05, 0) is 12.8 Å². The lowest BCUT2D eigenvalue weighted by molar-refractivity contribution is -0.0220. The van der Waals surface area contributed by atoms with Gasteiger partial charge in [-0.2, -0.15) is 5.48 Å². The Morgan fingerprint density at radius 2 is 1.89 bits per heavy atom. The van der Waals surface area contributed by atoms with E-state index in [1.54, 1.807) is 0 Å². The number of hydrogen-bond acceptors (Lipinski definition) is 2. The van der Waals surface area contributed by atoms with Crippen molar-refractivity contribution in [1.82, 2.24) is 5.48 Å². The van der Waals surface area contributed by atoms with E-state index in [1.165, 1.54) is 19.3 Å². The van der Waals surface area contributed by atoms with Gasteiger partial charge in [0.05, 0.1) is 6.10 Å². The highest BCUT2D eigenvalue weighted by molar-refractivity contribution is 4.63. The molecular weight excluding hydrogens is 114 g/mol. The quantitative estimate of drug-likeness (QED) is 0.564. The summed E-state index contributed by atoms with van der Waals surface area (Å²) in [5.41, 5.74) is 1.99. The summed E-state index contributed by atoms with van der Waals surface area (Å²) in [6.07, 6.45) is 6.38. The molecule has 1 aliphatic rings. The van der Waals surface area contributed by atoms with Gasteiger partial charge in [0.15, 0.2) is 0 Å². The molecule has 0 bridgehead atoms. The van der Waals surface area contributed by atoms with Crippen molar-refractivity contribution in [3.8, 4) is 0 Å². The Morgan fingerprint density at radius 3 is 2.44 bits per heavy atom. The van der Waals surface area contributed by atoms with Crippen LogP contribution in [0.5, 0.6) is 0 Å². The second-order valence-corrected chi connectivity index (χ2v) is 2.48. The van der Waals surface area contributed by atoms with Gasteiger partial charge >= 0.3 is 0 Å². The molecule has 0 saturated heterocycles. The molecule has 51 valence electrons. The van der Waals surface area contributed by atoms with E-state index >= 15 is 0 Å². The molecule has 1 rings (SSSR count). The zero-order chi connectivity index (χ0) is 6.53. The van der Waals surface area contributed by atoms with Crippen LogP contribution in [0.4, 0.5) is 0 Å². The summed E-state index contributed by atoms with van der Waals surface area (Å²) in [4.78, 5) is 4.90. The van der Waals surface area contributed by atoms with E-state index in [9.17, 15) is 0 Å². The lowest BCUT2D eigenvalue weighted by atomic mass is 9.98. The van der Waals surface area contributed by atoms with E-state index in [1.807, 2.05) is 5.48 Å². The Kier molecular flexibility index (Phi) is 3.01. The van der Waals surface area contributed by atoms with E-state index in [-0.39, 0.29) is 0 Å². The molecule has 2 nitrogen and oxygen atoms in total. The van der Waals surface area contributed by atoms with Crippen molar-refractivity contribution < 1.29 is 4.84 Å². The molecule has 1 fully saturated rings. The van der Waals surface area contributed by atoms with Crippen molar-refractivity contribution in [3.05, 3.63) is 7.05 Å². The lowest BCUT2D eigenvalue weighted by Crippen LogP contribution is -2.21. The monoisotopic (exact) mass is 126 g/mol. The van der Waals surface area contributed by atoms with Gasteiger partial charge in [0.25, 0.3) is 0 Å². The van der Waals surface area contributed by atoms with Gasteiger partial charge in [-0.25, -0.2) is 0 Å². The van der Waals surface area contributed by atoms with Crippen molar-refractivity contribution >= 4 is 0 Å². The van der Waals surface area contributed by atoms with Gasteiger partial charge in [-0.3, -0.25) is 4.84 Å². The van der Waals surface area contributed by atoms with Crippen molar-refractivity contribution in [2.45, 2.75) is 38.2 Å². The summed E-state index contributed by atoms with van der Waals surface area (Å²) in [6, 6.07) is 0. The van der Waals surface area contributed by atoms with Crippen LogP contribution in [0.3, 0.4) is 0 Å². The molecule has 0 aliphatic heterocycles. The van der Waals surface area contributed by atoms with Crippen LogP contribution in [0, 0.1) is 7.05 Å². The van der Waals surface area contributed by atoms with Gasteiger partial charge in [0.1, 0.15) is 7.05 Å². The molecule has 0 atom stereocenters. The van der Waals surface area contributed by atoms with Crippen molar-refractivity contribution in [3.63, 3.8) is 0 Å². The van der Waals surface area contributed by atoms with Gasteiger partial charge in [0.2, 0.25) is 0 Å². The number of hydroxylamine groups is 1. The van der Waals surface area contributed by atoms with Gasteiger partial charge in [-0.1, -0.05) is 19.3 Å². The molecule has 3 radical (unpaired) electrons. The lowest BCUT2D eigenvalue weighted by Gasteiger charge is -2.20. The molecule has 1 N–H and O–H groups in total. The van der Waals surface area contributed by atoms with Crippen molar-refractivity contribution in [2.24, 2.45) is 0 Å². The Bertz CT molecular complexity index is 66.6.